The summed E-state index contributed by atoms with van der Waals surface area (Å²) in [5.74, 6) is 0.830. The van der Waals surface area contributed by atoms with E-state index in [2.05, 4.69) is 0 Å². The third-order valence-corrected chi connectivity index (χ3v) is 5.73. The Kier molecular flexibility index (Phi) is 17.1. The molecule has 0 heterocycles. The van der Waals surface area contributed by atoms with Crippen LogP contribution in [-0.2, 0) is 0 Å². The second-order valence-electron chi connectivity index (χ2n) is 5.11. The molecule has 110 valence electrons. The van der Waals surface area contributed by atoms with Crippen molar-refractivity contribution >= 4 is 41.2 Å². The van der Waals surface area contributed by atoms with Crippen molar-refractivity contribution in [2.75, 3.05) is 5.88 Å². The fourth-order valence-electron chi connectivity index (χ4n) is 2.16. The molecule has 0 aromatic heterocycles. The normalized spacial score (nSPS) is 11.3. The van der Waals surface area contributed by atoms with Gasteiger partial charge in [0.05, 0.1) is 0 Å². The molecule has 0 N–H and O–H groups in total. The Labute approximate surface area is 130 Å². The first kappa shape index (κ1) is 19.1. The van der Waals surface area contributed by atoms with Gasteiger partial charge in [0.25, 0.3) is 0 Å². The van der Waals surface area contributed by atoms with Crippen molar-refractivity contribution in [2.24, 2.45) is 0 Å². The maximum absolute atomic E-state index is 5.82. The highest BCUT2D eigenvalue weighted by molar-refractivity contribution is 7.33. The Morgan fingerprint density at radius 3 is 1.17 bits per heavy atom. The molecule has 0 atom stereocenters. The van der Waals surface area contributed by atoms with Crippen molar-refractivity contribution < 1.29 is 0 Å². The van der Waals surface area contributed by atoms with Crippen molar-refractivity contribution in [3.8, 4) is 0 Å². The van der Waals surface area contributed by atoms with Crippen LogP contribution in [0.15, 0.2) is 0 Å². The summed E-state index contributed by atoms with van der Waals surface area (Å²) in [6.07, 6.45) is 16.2. The lowest BCUT2D eigenvalue weighted by atomic mass is 10.1. The van der Waals surface area contributed by atoms with E-state index in [9.17, 15) is 0 Å². The summed E-state index contributed by atoms with van der Waals surface area (Å²) >= 11 is 17.3. The SMILES string of the molecule is ClCCCCCCCCCCCCCC[SiH](Cl)Cl. The maximum atomic E-state index is 5.82. The van der Waals surface area contributed by atoms with E-state index in [-0.39, 0.29) is 0 Å². The molecule has 0 aliphatic heterocycles. The zero-order valence-electron chi connectivity index (χ0n) is 11.6. The molecule has 0 aromatic rings. The van der Waals surface area contributed by atoms with E-state index in [0.717, 1.165) is 11.9 Å². The van der Waals surface area contributed by atoms with Crippen LogP contribution in [-0.4, -0.2) is 13.3 Å². The van der Waals surface area contributed by atoms with Gasteiger partial charge in [-0.2, -0.15) is 22.2 Å². The second kappa shape index (κ2) is 16.1. The molecule has 0 rings (SSSR count). The summed E-state index contributed by atoms with van der Waals surface area (Å²) in [7, 11) is -1.32. The van der Waals surface area contributed by atoms with Gasteiger partial charge in [-0.05, 0) is 12.5 Å². The Hall–Kier alpha value is 1.09. The van der Waals surface area contributed by atoms with Crippen LogP contribution in [0.1, 0.15) is 77.0 Å². The van der Waals surface area contributed by atoms with Crippen LogP contribution >= 0.6 is 33.8 Å². The van der Waals surface area contributed by atoms with Gasteiger partial charge >= 0.3 is 0 Å². The molecule has 0 spiro atoms. The number of rotatable bonds is 14. The summed E-state index contributed by atoms with van der Waals surface area (Å²) in [6, 6.07) is 1.09. The molecular weight excluding hydrogens is 303 g/mol. The molecule has 0 bridgehead atoms. The zero-order valence-corrected chi connectivity index (χ0v) is 15.0. The molecule has 0 nitrogen and oxygen atoms in total. The highest BCUT2D eigenvalue weighted by Crippen LogP contribution is 2.14. The van der Waals surface area contributed by atoms with Gasteiger partial charge in [-0.25, -0.2) is 0 Å². The number of alkyl halides is 1. The summed E-state index contributed by atoms with van der Waals surface area (Å²) in [5, 5.41) is 0. The van der Waals surface area contributed by atoms with Crippen molar-refractivity contribution in [1.82, 2.24) is 0 Å². The lowest BCUT2D eigenvalue weighted by molar-refractivity contribution is 0.548. The third kappa shape index (κ3) is 17.1. The minimum atomic E-state index is -1.32. The van der Waals surface area contributed by atoms with E-state index in [1.165, 1.54) is 77.0 Å². The number of unbranched alkanes of at least 4 members (excludes halogenated alkanes) is 11. The van der Waals surface area contributed by atoms with Crippen molar-refractivity contribution in [2.45, 2.75) is 83.1 Å². The smallest absolute Gasteiger partial charge is 0.150 e. The monoisotopic (exact) mass is 330 g/mol. The molecule has 0 amide bonds. The highest BCUT2D eigenvalue weighted by atomic mass is 35.7. The molecule has 0 saturated heterocycles. The van der Waals surface area contributed by atoms with Gasteiger partial charge < -0.3 is 0 Å². The predicted molar refractivity (Wildman–Crippen MR) is 89.8 cm³/mol. The first-order chi connectivity index (χ1) is 8.77. The summed E-state index contributed by atoms with van der Waals surface area (Å²) in [4.78, 5) is 0. The molecule has 0 aliphatic rings. The van der Waals surface area contributed by atoms with Gasteiger partial charge in [-0.3, -0.25) is 0 Å². The van der Waals surface area contributed by atoms with Gasteiger partial charge in [-0.1, -0.05) is 70.6 Å². The van der Waals surface area contributed by atoms with E-state index in [1.54, 1.807) is 0 Å². The molecule has 18 heavy (non-hydrogen) atoms. The molecule has 0 saturated carbocycles. The van der Waals surface area contributed by atoms with Crippen molar-refractivity contribution in [3.63, 3.8) is 0 Å². The third-order valence-electron chi connectivity index (χ3n) is 3.31. The standard InChI is InChI=1S/C14H29Cl3Si/c15-13-11-9-7-5-3-1-2-4-6-8-10-12-14-18(16)17/h18H,1-14H2. The van der Waals surface area contributed by atoms with Gasteiger partial charge in [0.15, 0.2) is 0 Å². The predicted octanol–water partition coefficient (Wildman–Crippen LogP) is 6.60. The van der Waals surface area contributed by atoms with Gasteiger partial charge in [0.1, 0.15) is 0 Å². The van der Waals surface area contributed by atoms with E-state index in [1.807, 2.05) is 0 Å². The second-order valence-corrected chi connectivity index (χ2v) is 10.7. The Bertz CT molecular complexity index is 154. The van der Waals surface area contributed by atoms with Gasteiger partial charge in [0.2, 0.25) is 7.42 Å². The van der Waals surface area contributed by atoms with E-state index in [0.29, 0.717) is 0 Å². The van der Waals surface area contributed by atoms with E-state index in [4.69, 9.17) is 33.8 Å². The molecule has 0 aromatic carbocycles. The largest absolute Gasteiger partial charge is 0.237 e. The topological polar surface area (TPSA) is 0 Å². The average Bonchev–Trinajstić information content (AvgIpc) is 2.34. The van der Waals surface area contributed by atoms with E-state index >= 15 is 0 Å². The van der Waals surface area contributed by atoms with Crippen LogP contribution < -0.4 is 0 Å². The number of hydrogen-bond acceptors (Lipinski definition) is 0. The molecule has 4 heteroatoms. The van der Waals surface area contributed by atoms with Crippen LogP contribution in [0.2, 0.25) is 6.04 Å². The van der Waals surface area contributed by atoms with Crippen LogP contribution in [0.4, 0.5) is 0 Å². The van der Waals surface area contributed by atoms with Crippen LogP contribution in [0, 0.1) is 0 Å². The Morgan fingerprint density at radius 2 is 0.833 bits per heavy atom. The van der Waals surface area contributed by atoms with Crippen molar-refractivity contribution in [3.05, 3.63) is 0 Å². The number of hydrogen-bond donors (Lipinski definition) is 0. The highest BCUT2D eigenvalue weighted by Gasteiger charge is 2.00. The fraction of sp³-hybridized carbons (Fsp3) is 1.00. The summed E-state index contributed by atoms with van der Waals surface area (Å²) in [5.41, 5.74) is 0. The van der Waals surface area contributed by atoms with Crippen LogP contribution in [0.5, 0.6) is 0 Å². The molecule has 0 aliphatic carbocycles. The lowest BCUT2D eigenvalue weighted by Gasteiger charge is -2.03. The van der Waals surface area contributed by atoms with Gasteiger partial charge in [-0.15, -0.1) is 11.6 Å². The fourth-order valence-corrected chi connectivity index (χ4v) is 3.87. The quantitative estimate of drug-likeness (QED) is 0.145. The Morgan fingerprint density at radius 1 is 0.500 bits per heavy atom. The van der Waals surface area contributed by atoms with Crippen LogP contribution in [0.3, 0.4) is 0 Å². The first-order valence-electron chi connectivity index (χ1n) is 7.61. The summed E-state index contributed by atoms with van der Waals surface area (Å²) < 4.78 is 0. The minimum Gasteiger partial charge on any atom is -0.150 e. The van der Waals surface area contributed by atoms with Crippen molar-refractivity contribution in [1.29, 1.82) is 0 Å². The average molecular weight is 332 g/mol. The lowest BCUT2D eigenvalue weighted by Crippen LogP contribution is -1.91. The first-order valence-corrected chi connectivity index (χ1v) is 12.5. The Balaban J connectivity index is 2.90. The molecule has 0 unspecified atom stereocenters. The minimum absolute atomic E-state index is 0.830. The maximum Gasteiger partial charge on any atom is 0.237 e. The zero-order chi connectivity index (χ0) is 13.5. The van der Waals surface area contributed by atoms with E-state index < -0.39 is 7.42 Å². The molecular formula is C14H29Cl3Si. The van der Waals surface area contributed by atoms with Gasteiger partial charge in [0, 0.05) is 5.88 Å². The summed E-state index contributed by atoms with van der Waals surface area (Å²) in [6.45, 7) is 0. The van der Waals surface area contributed by atoms with Crippen LogP contribution in [0.25, 0.3) is 0 Å². The number of halogens is 3. The molecule has 0 radical (unpaired) electrons. The molecule has 0 fully saturated rings.